The van der Waals surface area contributed by atoms with E-state index in [4.69, 9.17) is 0 Å². The maximum atomic E-state index is 14.2. The molecule has 3 saturated heterocycles. The van der Waals surface area contributed by atoms with Crippen molar-refractivity contribution >= 4 is 34.4 Å². The Morgan fingerprint density at radius 3 is 2.34 bits per heavy atom. The number of nitrogens with zero attached hydrogens (tertiary/aromatic N) is 4. The van der Waals surface area contributed by atoms with Gasteiger partial charge >= 0.3 is 12.2 Å². The van der Waals surface area contributed by atoms with Crippen LogP contribution in [0.5, 0.6) is 0 Å². The van der Waals surface area contributed by atoms with Gasteiger partial charge in [0.15, 0.2) is 0 Å². The number of halogens is 3. The van der Waals surface area contributed by atoms with Crippen LogP contribution in [0.3, 0.4) is 0 Å². The number of hydrogen-bond donors (Lipinski definition) is 3. The summed E-state index contributed by atoms with van der Waals surface area (Å²) in [6, 6.07) is 10.4. The zero-order valence-electron chi connectivity index (χ0n) is 28.3. The van der Waals surface area contributed by atoms with Crippen LogP contribution < -0.4 is 10.6 Å². The Kier molecular flexibility index (Phi) is 10.0. The van der Waals surface area contributed by atoms with E-state index in [0.717, 1.165) is 62.5 Å². The first-order chi connectivity index (χ1) is 24.1. The molecule has 2 aromatic carbocycles. The Balaban J connectivity index is 1.03. The molecule has 3 aromatic rings. The summed E-state index contributed by atoms with van der Waals surface area (Å²) in [6.07, 6.45) is 2.75. The lowest BCUT2D eigenvalue weighted by Gasteiger charge is -2.40. The SMILES string of the molecule is O=C(CC(Cc1cc(C(F)(F)F)c2[nH]ncc2c1)C(=O)N1CCC(C2CCNCC2)CC1)N1CCC(N2CCc3ccccc3NC2=O)CC1. The zero-order chi connectivity index (χ0) is 34.8. The molecule has 7 rings (SSSR count). The number of piperidine rings is 3. The number of amides is 4. The Hall–Kier alpha value is -4.13. The fraction of sp³-hybridized carbons (Fsp3) is 0.568. The standard InChI is InChI=1S/C37H46F3N7O3/c38-37(39,40)31-21-24(20-29-23-42-44-34(29)31)19-28(35(49)46-14-7-26(8-15-46)25-5-12-41-13-6-25)22-33(48)45-16-10-30(11-17-45)47-18-9-27-3-1-2-4-32(27)43-36(47)50/h1-4,20-21,23,25-26,28,30,41H,5-19,22H2,(H,42,44)(H,43,50). The van der Waals surface area contributed by atoms with Crippen molar-refractivity contribution in [3.8, 4) is 0 Å². The molecule has 0 radical (unpaired) electrons. The molecule has 4 aliphatic rings. The maximum Gasteiger partial charge on any atom is 0.418 e. The molecule has 50 heavy (non-hydrogen) atoms. The molecule has 1 unspecified atom stereocenters. The van der Waals surface area contributed by atoms with Crippen LogP contribution in [-0.2, 0) is 28.6 Å². The Labute approximate surface area is 290 Å². The molecule has 10 nitrogen and oxygen atoms in total. The van der Waals surface area contributed by atoms with Gasteiger partial charge in [0.25, 0.3) is 0 Å². The number of hydrogen-bond acceptors (Lipinski definition) is 5. The number of aromatic nitrogens is 2. The van der Waals surface area contributed by atoms with E-state index in [0.29, 0.717) is 68.4 Å². The predicted molar refractivity (Wildman–Crippen MR) is 183 cm³/mol. The Morgan fingerprint density at radius 1 is 0.900 bits per heavy atom. The van der Waals surface area contributed by atoms with Crippen LogP contribution in [0.2, 0.25) is 0 Å². The van der Waals surface area contributed by atoms with Crippen molar-refractivity contribution in [2.24, 2.45) is 17.8 Å². The van der Waals surface area contributed by atoms with E-state index in [1.165, 1.54) is 6.20 Å². The third-order valence-electron chi connectivity index (χ3n) is 11.5. The van der Waals surface area contributed by atoms with Gasteiger partial charge in [0.2, 0.25) is 11.8 Å². The van der Waals surface area contributed by atoms with E-state index in [9.17, 15) is 27.6 Å². The van der Waals surface area contributed by atoms with E-state index in [1.807, 2.05) is 34.1 Å². The highest BCUT2D eigenvalue weighted by Crippen LogP contribution is 2.36. The lowest BCUT2D eigenvalue weighted by atomic mass is 9.79. The summed E-state index contributed by atoms with van der Waals surface area (Å²) in [7, 11) is 0. The molecule has 268 valence electrons. The van der Waals surface area contributed by atoms with Crippen molar-refractivity contribution in [1.82, 2.24) is 30.2 Å². The second-order valence-electron chi connectivity index (χ2n) is 14.5. The summed E-state index contributed by atoms with van der Waals surface area (Å²) in [5.74, 6) is 0.0574. The van der Waals surface area contributed by atoms with Gasteiger partial charge in [0, 0.05) is 56.3 Å². The van der Waals surface area contributed by atoms with E-state index < -0.39 is 17.7 Å². The van der Waals surface area contributed by atoms with Crippen molar-refractivity contribution in [3.05, 3.63) is 59.3 Å². The summed E-state index contributed by atoms with van der Waals surface area (Å²) in [4.78, 5) is 46.6. The van der Waals surface area contributed by atoms with Crippen LogP contribution in [0.25, 0.3) is 10.9 Å². The van der Waals surface area contributed by atoms with Crippen molar-refractivity contribution in [2.45, 2.75) is 70.0 Å². The summed E-state index contributed by atoms with van der Waals surface area (Å²) in [6.45, 7) is 4.72. The van der Waals surface area contributed by atoms with Crippen LogP contribution in [-0.4, -0.2) is 94.6 Å². The lowest BCUT2D eigenvalue weighted by Crippen LogP contribution is -2.50. The number of fused-ring (bicyclic) bond motifs is 2. The number of benzene rings is 2. The number of carbonyl (C=O) groups excluding carboxylic acids is 3. The van der Waals surface area contributed by atoms with Gasteiger partial charge in [-0.3, -0.25) is 14.7 Å². The summed E-state index contributed by atoms with van der Waals surface area (Å²) in [5.41, 5.74) is 1.36. The van der Waals surface area contributed by atoms with Crippen LogP contribution in [0, 0.1) is 17.8 Å². The van der Waals surface area contributed by atoms with Crippen LogP contribution in [0.15, 0.2) is 42.6 Å². The van der Waals surface area contributed by atoms with Gasteiger partial charge in [0.05, 0.1) is 23.2 Å². The zero-order valence-corrected chi connectivity index (χ0v) is 28.3. The molecule has 4 aliphatic heterocycles. The second kappa shape index (κ2) is 14.6. The highest BCUT2D eigenvalue weighted by atomic mass is 19.4. The minimum Gasteiger partial charge on any atom is -0.343 e. The van der Waals surface area contributed by atoms with Gasteiger partial charge in [-0.2, -0.15) is 18.3 Å². The Morgan fingerprint density at radius 2 is 1.60 bits per heavy atom. The quantitative estimate of drug-likeness (QED) is 0.305. The lowest BCUT2D eigenvalue weighted by molar-refractivity contribution is -0.143. The molecule has 1 atom stereocenters. The number of urea groups is 1. The highest BCUT2D eigenvalue weighted by molar-refractivity contribution is 5.91. The minimum atomic E-state index is -4.61. The number of para-hydroxylation sites is 1. The number of anilines is 1. The van der Waals surface area contributed by atoms with Crippen molar-refractivity contribution in [2.75, 3.05) is 51.1 Å². The molecular formula is C37H46F3N7O3. The Bertz CT molecular complexity index is 1690. The minimum absolute atomic E-state index is 0.0190. The van der Waals surface area contributed by atoms with Gasteiger partial charge in [0.1, 0.15) is 0 Å². The predicted octanol–water partition coefficient (Wildman–Crippen LogP) is 5.45. The molecule has 5 heterocycles. The third-order valence-corrected chi connectivity index (χ3v) is 11.5. The number of rotatable bonds is 7. The van der Waals surface area contributed by atoms with Gasteiger partial charge in [-0.1, -0.05) is 18.2 Å². The van der Waals surface area contributed by atoms with Gasteiger partial charge < -0.3 is 25.3 Å². The fourth-order valence-electron chi connectivity index (χ4n) is 8.66. The normalized spacial score (nSPS) is 20.8. The average Bonchev–Trinajstić information content (AvgIpc) is 3.53. The summed E-state index contributed by atoms with van der Waals surface area (Å²) in [5, 5.41) is 13.0. The average molecular weight is 694 g/mol. The monoisotopic (exact) mass is 693 g/mol. The van der Waals surface area contributed by atoms with E-state index in [-0.39, 0.29) is 42.2 Å². The molecule has 4 amide bonds. The van der Waals surface area contributed by atoms with Gasteiger partial charge in [-0.15, -0.1) is 0 Å². The molecule has 1 aromatic heterocycles. The number of nitrogens with one attached hydrogen (secondary N) is 3. The second-order valence-corrected chi connectivity index (χ2v) is 14.5. The summed E-state index contributed by atoms with van der Waals surface area (Å²) >= 11 is 0. The first kappa shape index (κ1) is 34.3. The topological polar surface area (TPSA) is 114 Å². The third kappa shape index (κ3) is 7.47. The first-order valence-corrected chi connectivity index (χ1v) is 18.1. The molecular weight excluding hydrogens is 647 g/mol. The van der Waals surface area contributed by atoms with E-state index in [2.05, 4.69) is 20.8 Å². The first-order valence-electron chi connectivity index (χ1n) is 18.1. The maximum absolute atomic E-state index is 14.2. The highest BCUT2D eigenvalue weighted by Gasteiger charge is 2.37. The van der Waals surface area contributed by atoms with Crippen molar-refractivity contribution in [3.63, 3.8) is 0 Å². The van der Waals surface area contributed by atoms with Gasteiger partial charge in [-0.25, -0.2) is 4.79 Å². The largest absolute Gasteiger partial charge is 0.418 e. The number of alkyl halides is 3. The van der Waals surface area contributed by atoms with Crippen molar-refractivity contribution < 1.29 is 27.6 Å². The number of carbonyl (C=O) groups is 3. The molecule has 3 fully saturated rings. The molecule has 0 aliphatic carbocycles. The fourth-order valence-corrected chi connectivity index (χ4v) is 8.66. The van der Waals surface area contributed by atoms with Crippen LogP contribution in [0.1, 0.15) is 61.6 Å². The summed E-state index contributed by atoms with van der Waals surface area (Å²) < 4.78 is 42.2. The molecule has 13 heteroatoms. The molecule has 0 spiro atoms. The van der Waals surface area contributed by atoms with Gasteiger partial charge in [-0.05, 0) is 106 Å². The number of likely N-dealkylation sites (tertiary alicyclic amines) is 2. The smallest absolute Gasteiger partial charge is 0.343 e. The van der Waals surface area contributed by atoms with Crippen LogP contribution >= 0.6 is 0 Å². The van der Waals surface area contributed by atoms with E-state index in [1.54, 1.807) is 11.0 Å². The molecule has 3 N–H and O–H groups in total. The number of aromatic amines is 1. The van der Waals surface area contributed by atoms with Crippen LogP contribution in [0.4, 0.5) is 23.7 Å². The number of H-pyrrole nitrogens is 1. The molecule has 0 saturated carbocycles. The van der Waals surface area contributed by atoms with E-state index >= 15 is 0 Å². The van der Waals surface area contributed by atoms with Crippen molar-refractivity contribution in [1.29, 1.82) is 0 Å². The molecule has 0 bridgehead atoms.